The molecule has 0 spiro atoms. The van der Waals surface area contributed by atoms with E-state index in [1.54, 1.807) is 0 Å². The van der Waals surface area contributed by atoms with Gasteiger partial charge in [-0.15, -0.1) is 0 Å². The van der Waals surface area contributed by atoms with Crippen molar-refractivity contribution in [2.75, 3.05) is 6.54 Å². The topological polar surface area (TPSA) is 12.0 Å². The van der Waals surface area contributed by atoms with Gasteiger partial charge < -0.3 is 5.32 Å². The molecule has 1 rings (SSSR count). The Balaban J connectivity index is 2.04. The molecule has 1 heterocycles. The van der Waals surface area contributed by atoms with Crippen LogP contribution in [-0.2, 0) is 0 Å². The van der Waals surface area contributed by atoms with Gasteiger partial charge in [-0.25, -0.2) is 0 Å². The molecule has 1 N–H and O–H groups in total. The maximum absolute atomic E-state index is 3.61. The molecule has 1 heteroatoms. The minimum Gasteiger partial charge on any atom is -0.314 e. The van der Waals surface area contributed by atoms with E-state index in [1.165, 1.54) is 45.1 Å². The molecule has 1 atom stereocenters. The molecule has 1 fully saturated rings. The second kappa shape index (κ2) is 4.99. The van der Waals surface area contributed by atoms with Crippen molar-refractivity contribution >= 4 is 0 Å². The van der Waals surface area contributed by atoms with Gasteiger partial charge in [0.15, 0.2) is 0 Å². The summed E-state index contributed by atoms with van der Waals surface area (Å²) < 4.78 is 0. The van der Waals surface area contributed by atoms with Gasteiger partial charge in [0.1, 0.15) is 0 Å². The lowest BCUT2D eigenvalue weighted by atomic mass is 9.88. The van der Waals surface area contributed by atoms with Gasteiger partial charge in [-0.1, -0.05) is 33.6 Å². The summed E-state index contributed by atoms with van der Waals surface area (Å²) in [4.78, 5) is 0. The fourth-order valence-electron chi connectivity index (χ4n) is 2.05. The summed E-state index contributed by atoms with van der Waals surface area (Å²) in [5.74, 6) is 0. The molecular weight excluding hydrogens is 158 g/mol. The average molecular weight is 183 g/mol. The zero-order valence-corrected chi connectivity index (χ0v) is 9.53. The summed E-state index contributed by atoms with van der Waals surface area (Å²) in [6.45, 7) is 8.25. The minimum atomic E-state index is 0.522. The number of rotatable bonds is 3. The van der Waals surface area contributed by atoms with E-state index in [-0.39, 0.29) is 0 Å². The fraction of sp³-hybridized carbons (Fsp3) is 1.00. The second-order valence-corrected chi connectivity index (χ2v) is 5.60. The Kier molecular flexibility index (Phi) is 4.24. The molecule has 1 aliphatic rings. The highest BCUT2D eigenvalue weighted by Crippen LogP contribution is 2.23. The molecule has 13 heavy (non-hydrogen) atoms. The van der Waals surface area contributed by atoms with Crippen LogP contribution in [0.5, 0.6) is 0 Å². The lowest BCUT2D eigenvalue weighted by Gasteiger charge is -2.25. The molecule has 0 aliphatic carbocycles. The summed E-state index contributed by atoms with van der Waals surface area (Å²) >= 11 is 0. The Morgan fingerprint density at radius 1 is 1.23 bits per heavy atom. The smallest absolute Gasteiger partial charge is 0.00670 e. The normalized spacial score (nSPS) is 24.7. The third-order valence-electron chi connectivity index (χ3n) is 2.89. The third kappa shape index (κ3) is 5.30. The van der Waals surface area contributed by atoms with Crippen molar-refractivity contribution in [3.05, 3.63) is 0 Å². The quantitative estimate of drug-likeness (QED) is 0.707. The summed E-state index contributed by atoms with van der Waals surface area (Å²) in [6.07, 6.45) is 8.37. The van der Waals surface area contributed by atoms with Crippen LogP contribution in [0, 0.1) is 5.41 Å². The van der Waals surface area contributed by atoms with E-state index in [9.17, 15) is 0 Å². The number of piperidine rings is 1. The lowest BCUT2D eigenvalue weighted by Crippen LogP contribution is -2.33. The summed E-state index contributed by atoms with van der Waals surface area (Å²) in [5.41, 5.74) is 0.522. The van der Waals surface area contributed by atoms with Crippen LogP contribution < -0.4 is 5.32 Å². The monoisotopic (exact) mass is 183 g/mol. The van der Waals surface area contributed by atoms with Crippen LogP contribution in [0.1, 0.15) is 59.3 Å². The van der Waals surface area contributed by atoms with Crippen LogP contribution in [0.25, 0.3) is 0 Å². The Morgan fingerprint density at radius 3 is 2.54 bits per heavy atom. The highest BCUT2D eigenvalue weighted by molar-refractivity contribution is 4.73. The minimum absolute atomic E-state index is 0.522. The van der Waals surface area contributed by atoms with Gasteiger partial charge >= 0.3 is 0 Å². The largest absolute Gasteiger partial charge is 0.314 e. The molecule has 0 radical (unpaired) electrons. The fourth-order valence-corrected chi connectivity index (χ4v) is 2.05. The first kappa shape index (κ1) is 11.0. The average Bonchev–Trinajstić information content (AvgIpc) is 2.04. The van der Waals surface area contributed by atoms with Crippen LogP contribution in [-0.4, -0.2) is 12.6 Å². The first-order valence-electron chi connectivity index (χ1n) is 5.81. The first-order valence-corrected chi connectivity index (χ1v) is 5.81. The zero-order chi connectivity index (χ0) is 9.73. The molecule has 0 aromatic carbocycles. The molecule has 78 valence electrons. The highest BCUT2D eigenvalue weighted by atomic mass is 14.9. The third-order valence-corrected chi connectivity index (χ3v) is 2.89. The maximum Gasteiger partial charge on any atom is 0.00670 e. The molecule has 0 saturated carbocycles. The van der Waals surface area contributed by atoms with Gasteiger partial charge in [0.25, 0.3) is 0 Å². The molecule has 1 unspecified atom stereocenters. The van der Waals surface area contributed by atoms with Crippen molar-refractivity contribution in [1.82, 2.24) is 5.32 Å². The Morgan fingerprint density at radius 2 is 2.00 bits per heavy atom. The second-order valence-electron chi connectivity index (χ2n) is 5.60. The van der Waals surface area contributed by atoms with Gasteiger partial charge in [-0.05, 0) is 37.6 Å². The molecule has 0 aromatic rings. The number of hydrogen-bond acceptors (Lipinski definition) is 1. The number of hydrogen-bond donors (Lipinski definition) is 1. The summed E-state index contributed by atoms with van der Waals surface area (Å²) in [6, 6.07) is 0.830. The lowest BCUT2D eigenvalue weighted by molar-refractivity contribution is 0.321. The molecule has 0 aromatic heterocycles. The Labute approximate surface area is 83.3 Å². The van der Waals surface area contributed by atoms with Crippen molar-refractivity contribution in [1.29, 1.82) is 0 Å². The van der Waals surface area contributed by atoms with Crippen LogP contribution in [0.3, 0.4) is 0 Å². The molecular formula is C12H25N. The Hall–Kier alpha value is -0.0400. The van der Waals surface area contributed by atoms with Crippen LogP contribution in [0.2, 0.25) is 0 Å². The molecule has 0 bridgehead atoms. The van der Waals surface area contributed by atoms with Crippen molar-refractivity contribution in [3.8, 4) is 0 Å². The first-order chi connectivity index (χ1) is 6.08. The van der Waals surface area contributed by atoms with E-state index >= 15 is 0 Å². The van der Waals surface area contributed by atoms with Crippen molar-refractivity contribution < 1.29 is 0 Å². The summed E-state index contributed by atoms with van der Waals surface area (Å²) in [5, 5.41) is 3.61. The SMILES string of the molecule is CC(C)(C)CCCC1CCCCN1. The van der Waals surface area contributed by atoms with Gasteiger partial charge in [0.2, 0.25) is 0 Å². The van der Waals surface area contributed by atoms with Crippen molar-refractivity contribution in [2.24, 2.45) is 5.41 Å². The van der Waals surface area contributed by atoms with E-state index in [4.69, 9.17) is 0 Å². The van der Waals surface area contributed by atoms with Crippen LogP contribution in [0.15, 0.2) is 0 Å². The zero-order valence-electron chi connectivity index (χ0n) is 9.53. The molecule has 0 amide bonds. The van der Waals surface area contributed by atoms with E-state index in [0.29, 0.717) is 5.41 Å². The van der Waals surface area contributed by atoms with Crippen LogP contribution >= 0.6 is 0 Å². The van der Waals surface area contributed by atoms with E-state index in [0.717, 1.165) is 6.04 Å². The highest BCUT2D eigenvalue weighted by Gasteiger charge is 2.14. The molecule has 1 nitrogen and oxygen atoms in total. The predicted octanol–water partition coefficient (Wildman–Crippen LogP) is 3.34. The maximum atomic E-state index is 3.61. The molecule has 1 saturated heterocycles. The van der Waals surface area contributed by atoms with Gasteiger partial charge in [0, 0.05) is 6.04 Å². The van der Waals surface area contributed by atoms with Crippen LogP contribution in [0.4, 0.5) is 0 Å². The number of nitrogens with one attached hydrogen (secondary N) is 1. The predicted molar refractivity (Wildman–Crippen MR) is 58.9 cm³/mol. The van der Waals surface area contributed by atoms with Crippen molar-refractivity contribution in [2.45, 2.75) is 65.3 Å². The van der Waals surface area contributed by atoms with Gasteiger partial charge in [0.05, 0.1) is 0 Å². The Bertz CT molecular complexity index is 129. The van der Waals surface area contributed by atoms with E-state index < -0.39 is 0 Å². The van der Waals surface area contributed by atoms with Gasteiger partial charge in [-0.3, -0.25) is 0 Å². The van der Waals surface area contributed by atoms with Gasteiger partial charge in [-0.2, -0.15) is 0 Å². The van der Waals surface area contributed by atoms with Crippen molar-refractivity contribution in [3.63, 3.8) is 0 Å². The summed E-state index contributed by atoms with van der Waals surface area (Å²) in [7, 11) is 0. The van der Waals surface area contributed by atoms with E-state index in [1.807, 2.05) is 0 Å². The standard InChI is InChI=1S/C12H25N/c1-12(2,3)9-6-8-11-7-4-5-10-13-11/h11,13H,4-10H2,1-3H3. The van der Waals surface area contributed by atoms with E-state index in [2.05, 4.69) is 26.1 Å². The molecule has 1 aliphatic heterocycles.